The monoisotopic (exact) mass is 183 g/mol. The lowest BCUT2D eigenvalue weighted by molar-refractivity contribution is 0.812. The van der Waals surface area contributed by atoms with Gasteiger partial charge in [-0.2, -0.15) is 0 Å². The van der Waals surface area contributed by atoms with Crippen LogP contribution < -0.4 is 11.1 Å². The molecule has 0 aliphatic heterocycles. The van der Waals surface area contributed by atoms with Crippen molar-refractivity contribution in [1.29, 1.82) is 0 Å². The zero-order valence-corrected chi connectivity index (χ0v) is 7.90. The molecule has 0 radical (unpaired) electrons. The first-order valence-electron chi connectivity index (χ1n) is 3.81. The van der Waals surface area contributed by atoms with Crippen molar-refractivity contribution in [3.8, 4) is 0 Å². The molecule has 0 aromatic carbocycles. The number of nitrogens with one attached hydrogen (secondary N) is 1. The van der Waals surface area contributed by atoms with Crippen LogP contribution in [0, 0.1) is 0 Å². The highest BCUT2D eigenvalue weighted by molar-refractivity contribution is 7.19. The minimum atomic E-state index is 0.369. The van der Waals surface area contributed by atoms with Crippen molar-refractivity contribution in [3.05, 3.63) is 18.9 Å². The topological polar surface area (TPSA) is 50.9 Å². The van der Waals surface area contributed by atoms with Crippen LogP contribution in [0.3, 0.4) is 0 Å². The molecule has 12 heavy (non-hydrogen) atoms. The van der Waals surface area contributed by atoms with Gasteiger partial charge in [0.2, 0.25) is 0 Å². The Balaban J connectivity index is 2.46. The van der Waals surface area contributed by atoms with Crippen LogP contribution in [0.2, 0.25) is 0 Å². The standard InChI is InChI=1S/C8H13N3S/c1-3-4-6(2)11-8-10-5-7(9)12-8/h3,5-6H,1,4,9H2,2H3,(H,10,11). The molecule has 0 saturated carbocycles. The largest absolute Gasteiger partial charge is 0.389 e. The first-order valence-corrected chi connectivity index (χ1v) is 4.62. The molecule has 1 rings (SSSR count). The molecule has 1 heterocycles. The molecular formula is C8H13N3S. The van der Waals surface area contributed by atoms with E-state index >= 15 is 0 Å². The van der Waals surface area contributed by atoms with Gasteiger partial charge in [0.25, 0.3) is 0 Å². The Bertz CT molecular complexity index is 257. The van der Waals surface area contributed by atoms with E-state index in [1.807, 2.05) is 6.08 Å². The number of hydrogen-bond donors (Lipinski definition) is 2. The Labute approximate surface area is 76.3 Å². The molecule has 0 amide bonds. The van der Waals surface area contributed by atoms with Crippen molar-refractivity contribution < 1.29 is 0 Å². The third kappa shape index (κ3) is 2.54. The highest BCUT2D eigenvalue weighted by atomic mass is 32.1. The maximum absolute atomic E-state index is 5.52. The van der Waals surface area contributed by atoms with Gasteiger partial charge in [0.05, 0.1) is 6.20 Å². The van der Waals surface area contributed by atoms with Crippen molar-refractivity contribution in [1.82, 2.24) is 4.98 Å². The van der Waals surface area contributed by atoms with Crippen molar-refractivity contribution in [2.45, 2.75) is 19.4 Å². The Hall–Kier alpha value is -1.03. The predicted molar refractivity (Wildman–Crippen MR) is 54.4 cm³/mol. The van der Waals surface area contributed by atoms with Crippen LogP contribution >= 0.6 is 11.3 Å². The molecule has 1 atom stereocenters. The van der Waals surface area contributed by atoms with Gasteiger partial charge in [0.1, 0.15) is 5.00 Å². The summed E-state index contributed by atoms with van der Waals surface area (Å²) in [5.41, 5.74) is 5.52. The molecule has 1 aromatic heterocycles. The highest BCUT2D eigenvalue weighted by Gasteiger charge is 2.02. The predicted octanol–water partition coefficient (Wildman–Crippen LogP) is 2.10. The van der Waals surface area contributed by atoms with E-state index in [9.17, 15) is 0 Å². The summed E-state index contributed by atoms with van der Waals surface area (Å²) in [5, 5.41) is 4.84. The van der Waals surface area contributed by atoms with E-state index in [-0.39, 0.29) is 0 Å². The number of anilines is 2. The number of nitrogens with zero attached hydrogens (tertiary/aromatic N) is 1. The fraction of sp³-hybridized carbons (Fsp3) is 0.375. The van der Waals surface area contributed by atoms with Crippen LogP contribution in [0.15, 0.2) is 18.9 Å². The average Bonchev–Trinajstić information content (AvgIpc) is 2.36. The van der Waals surface area contributed by atoms with Crippen LogP contribution in [-0.2, 0) is 0 Å². The van der Waals surface area contributed by atoms with Crippen molar-refractivity contribution in [3.63, 3.8) is 0 Å². The first-order chi connectivity index (χ1) is 5.72. The average molecular weight is 183 g/mol. The normalized spacial score (nSPS) is 12.4. The van der Waals surface area contributed by atoms with Crippen LogP contribution in [0.4, 0.5) is 10.1 Å². The van der Waals surface area contributed by atoms with Crippen molar-refractivity contribution >= 4 is 21.5 Å². The van der Waals surface area contributed by atoms with Crippen LogP contribution in [0.5, 0.6) is 0 Å². The fourth-order valence-electron chi connectivity index (χ4n) is 0.873. The summed E-state index contributed by atoms with van der Waals surface area (Å²) in [6.45, 7) is 5.75. The van der Waals surface area contributed by atoms with Crippen LogP contribution in [-0.4, -0.2) is 11.0 Å². The molecule has 1 unspecified atom stereocenters. The molecule has 66 valence electrons. The molecule has 0 saturated heterocycles. The smallest absolute Gasteiger partial charge is 0.184 e. The van der Waals surface area contributed by atoms with Crippen molar-refractivity contribution in [2.24, 2.45) is 0 Å². The number of thiazole rings is 1. The molecule has 0 spiro atoms. The Morgan fingerprint density at radius 2 is 2.67 bits per heavy atom. The first kappa shape index (κ1) is 9.06. The third-order valence-electron chi connectivity index (χ3n) is 1.41. The number of nitrogen functional groups attached to an aromatic ring is 1. The molecule has 1 aromatic rings. The minimum absolute atomic E-state index is 0.369. The van der Waals surface area contributed by atoms with Crippen LogP contribution in [0.1, 0.15) is 13.3 Å². The third-order valence-corrected chi connectivity index (χ3v) is 2.17. The van der Waals surface area contributed by atoms with Gasteiger partial charge in [-0.05, 0) is 13.3 Å². The molecule has 0 fully saturated rings. The molecule has 3 nitrogen and oxygen atoms in total. The van der Waals surface area contributed by atoms with Gasteiger partial charge in [-0.25, -0.2) is 4.98 Å². The molecule has 3 N–H and O–H groups in total. The molecule has 4 heteroatoms. The Kier molecular flexibility index (Phi) is 3.10. The lowest BCUT2D eigenvalue weighted by Crippen LogP contribution is -2.13. The van der Waals surface area contributed by atoms with Gasteiger partial charge in [-0.3, -0.25) is 0 Å². The zero-order chi connectivity index (χ0) is 8.97. The Morgan fingerprint density at radius 3 is 3.17 bits per heavy atom. The summed E-state index contributed by atoms with van der Waals surface area (Å²) < 4.78 is 0. The van der Waals surface area contributed by atoms with Gasteiger partial charge in [0, 0.05) is 6.04 Å². The van der Waals surface area contributed by atoms with Gasteiger partial charge in [-0.1, -0.05) is 17.4 Å². The summed E-state index contributed by atoms with van der Waals surface area (Å²) in [4.78, 5) is 4.09. The second-order valence-electron chi connectivity index (χ2n) is 2.64. The van der Waals surface area contributed by atoms with Gasteiger partial charge >= 0.3 is 0 Å². The second-order valence-corrected chi connectivity index (χ2v) is 3.70. The Morgan fingerprint density at radius 1 is 1.92 bits per heavy atom. The van der Waals surface area contributed by atoms with E-state index in [0.717, 1.165) is 16.6 Å². The van der Waals surface area contributed by atoms with Crippen LogP contribution in [0.25, 0.3) is 0 Å². The molecule has 0 bridgehead atoms. The summed E-state index contributed by atoms with van der Waals surface area (Å²) in [5.74, 6) is 0. The van der Waals surface area contributed by atoms with E-state index in [0.29, 0.717) is 6.04 Å². The number of aromatic nitrogens is 1. The van der Waals surface area contributed by atoms with E-state index in [1.165, 1.54) is 11.3 Å². The number of rotatable bonds is 4. The van der Waals surface area contributed by atoms with E-state index in [4.69, 9.17) is 5.73 Å². The molecule has 0 aliphatic carbocycles. The fourth-order valence-corrected chi connectivity index (χ4v) is 1.57. The maximum atomic E-state index is 5.52. The lowest BCUT2D eigenvalue weighted by Gasteiger charge is -2.08. The maximum Gasteiger partial charge on any atom is 0.184 e. The van der Waals surface area contributed by atoms with E-state index in [2.05, 4.69) is 23.8 Å². The van der Waals surface area contributed by atoms with E-state index in [1.54, 1.807) is 6.20 Å². The van der Waals surface area contributed by atoms with Gasteiger partial charge < -0.3 is 11.1 Å². The summed E-state index contributed by atoms with van der Waals surface area (Å²) >= 11 is 1.46. The van der Waals surface area contributed by atoms with Gasteiger partial charge in [0.15, 0.2) is 5.13 Å². The summed E-state index contributed by atoms with van der Waals surface area (Å²) in [6.07, 6.45) is 4.47. The molecular weight excluding hydrogens is 170 g/mol. The number of nitrogens with two attached hydrogens (primary N) is 1. The number of hydrogen-bond acceptors (Lipinski definition) is 4. The second kappa shape index (κ2) is 4.11. The minimum Gasteiger partial charge on any atom is -0.389 e. The van der Waals surface area contributed by atoms with Gasteiger partial charge in [-0.15, -0.1) is 6.58 Å². The lowest BCUT2D eigenvalue weighted by atomic mass is 10.2. The van der Waals surface area contributed by atoms with E-state index < -0.39 is 0 Å². The highest BCUT2D eigenvalue weighted by Crippen LogP contribution is 2.20. The summed E-state index contributed by atoms with van der Waals surface area (Å²) in [7, 11) is 0. The van der Waals surface area contributed by atoms with Crippen molar-refractivity contribution in [2.75, 3.05) is 11.1 Å². The summed E-state index contributed by atoms with van der Waals surface area (Å²) in [6, 6.07) is 0.369. The quantitative estimate of drug-likeness (QED) is 0.703. The zero-order valence-electron chi connectivity index (χ0n) is 7.08. The molecule has 0 aliphatic rings. The SMILES string of the molecule is C=CCC(C)Nc1ncc(N)s1.